The topological polar surface area (TPSA) is 44.5 Å². The number of rotatable bonds is 5. The molecular weight excluding hydrogens is 202 g/mol. The molecule has 1 heterocycles. The van der Waals surface area contributed by atoms with Crippen molar-refractivity contribution >= 4 is 0 Å². The molecule has 0 aromatic heterocycles. The molecule has 0 bridgehead atoms. The Hall–Kier alpha value is -0.900. The van der Waals surface area contributed by atoms with Gasteiger partial charge in [0.1, 0.15) is 0 Å². The molecule has 0 aliphatic carbocycles. The molecule has 1 aromatic carbocycles. The summed E-state index contributed by atoms with van der Waals surface area (Å²) in [6.07, 6.45) is 2.59. The Balaban J connectivity index is 1.75. The molecule has 2 rings (SSSR count). The molecule has 1 aliphatic rings. The van der Waals surface area contributed by atoms with Gasteiger partial charge in [-0.15, -0.1) is 0 Å². The van der Waals surface area contributed by atoms with Crippen LogP contribution < -0.4 is 5.73 Å². The van der Waals surface area contributed by atoms with E-state index in [1.807, 2.05) is 12.1 Å². The monoisotopic (exact) mass is 221 g/mol. The van der Waals surface area contributed by atoms with E-state index in [-0.39, 0.29) is 0 Å². The quantitative estimate of drug-likeness (QED) is 0.825. The molecule has 1 fully saturated rings. The van der Waals surface area contributed by atoms with Gasteiger partial charge in [0.05, 0.1) is 19.3 Å². The lowest BCUT2D eigenvalue weighted by molar-refractivity contribution is 0.0106. The fraction of sp³-hybridized carbons (Fsp3) is 0.538. The van der Waals surface area contributed by atoms with Crippen LogP contribution in [-0.4, -0.2) is 19.3 Å². The van der Waals surface area contributed by atoms with Gasteiger partial charge >= 0.3 is 0 Å². The Bertz CT molecular complexity index is 321. The fourth-order valence-corrected chi connectivity index (χ4v) is 1.93. The second-order valence-electron chi connectivity index (χ2n) is 4.17. The SMILES string of the molecule is NCc1cccc(COCC2CCCO2)c1. The Morgan fingerprint density at radius 3 is 3.00 bits per heavy atom. The third-order valence-corrected chi connectivity index (χ3v) is 2.82. The van der Waals surface area contributed by atoms with Crippen molar-refractivity contribution in [3.8, 4) is 0 Å². The summed E-state index contributed by atoms with van der Waals surface area (Å²) in [4.78, 5) is 0. The summed E-state index contributed by atoms with van der Waals surface area (Å²) in [7, 11) is 0. The van der Waals surface area contributed by atoms with E-state index < -0.39 is 0 Å². The molecule has 16 heavy (non-hydrogen) atoms. The lowest BCUT2D eigenvalue weighted by atomic mass is 10.1. The molecule has 1 saturated heterocycles. The summed E-state index contributed by atoms with van der Waals surface area (Å²) in [5, 5.41) is 0. The number of hydrogen-bond acceptors (Lipinski definition) is 3. The van der Waals surface area contributed by atoms with E-state index in [1.165, 1.54) is 5.56 Å². The van der Waals surface area contributed by atoms with Crippen LogP contribution in [0.25, 0.3) is 0 Å². The van der Waals surface area contributed by atoms with Gasteiger partial charge in [0.2, 0.25) is 0 Å². The van der Waals surface area contributed by atoms with E-state index in [4.69, 9.17) is 15.2 Å². The highest BCUT2D eigenvalue weighted by Gasteiger charge is 2.15. The lowest BCUT2D eigenvalue weighted by Crippen LogP contribution is -2.13. The predicted octanol–water partition coefficient (Wildman–Crippen LogP) is 1.84. The van der Waals surface area contributed by atoms with Crippen molar-refractivity contribution in [1.82, 2.24) is 0 Å². The van der Waals surface area contributed by atoms with Gasteiger partial charge in [-0.3, -0.25) is 0 Å². The summed E-state index contributed by atoms with van der Waals surface area (Å²) >= 11 is 0. The van der Waals surface area contributed by atoms with Gasteiger partial charge in [0.25, 0.3) is 0 Å². The highest BCUT2D eigenvalue weighted by Crippen LogP contribution is 2.13. The molecule has 0 radical (unpaired) electrons. The third-order valence-electron chi connectivity index (χ3n) is 2.82. The van der Waals surface area contributed by atoms with Crippen molar-refractivity contribution in [2.75, 3.05) is 13.2 Å². The summed E-state index contributed by atoms with van der Waals surface area (Å²) in [5.41, 5.74) is 7.92. The molecule has 1 atom stereocenters. The van der Waals surface area contributed by atoms with Crippen molar-refractivity contribution in [1.29, 1.82) is 0 Å². The van der Waals surface area contributed by atoms with E-state index in [0.29, 0.717) is 25.9 Å². The van der Waals surface area contributed by atoms with E-state index in [9.17, 15) is 0 Å². The summed E-state index contributed by atoms with van der Waals surface area (Å²) in [5.74, 6) is 0. The molecule has 3 heteroatoms. The Morgan fingerprint density at radius 2 is 2.25 bits per heavy atom. The van der Waals surface area contributed by atoms with Gasteiger partial charge in [-0.1, -0.05) is 24.3 Å². The summed E-state index contributed by atoms with van der Waals surface area (Å²) in [6, 6.07) is 8.21. The van der Waals surface area contributed by atoms with Gasteiger partial charge < -0.3 is 15.2 Å². The predicted molar refractivity (Wildman–Crippen MR) is 63.0 cm³/mol. The molecule has 1 aromatic rings. The van der Waals surface area contributed by atoms with E-state index in [0.717, 1.165) is 25.0 Å². The second-order valence-corrected chi connectivity index (χ2v) is 4.17. The van der Waals surface area contributed by atoms with Crippen LogP contribution in [0.1, 0.15) is 24.0 Å². The number of nitrogens with two attached hydrogens (primary N) is 1. The van der Waals surface area contributed by atoms with Crippen LogP contribution in [0.4, 0.5) is 0 Å². The van der Waals surface area contributed by atoms with Crippen LogP contribution in [0.5, 0.6) is 0 Å². The smallest absolute Gasteiger partial charge is 0.0809 e. The molecule has 1 aliphatic heterocycles. The molecule has 0 saturated carbocycles. The lowest BCUT2D eigenvalue weighted by Gasteiger charge is -2.10. The number of ether oxygens (including phenoxy) is 2. The van der Waals surface area contributed by atoms with Crippen LogP contribution in [0.3, 0.4) is 0 Å². The first-order valence-corrected chi connectivity index (χ1v) is 5.85. The Kier molecular flexibility index (Phi) is 4.34. The molecular formula is C13H19NO2. The maximum absolute atomic E-state index is 5.64. The molecule has 1 unspecified atom stereocenters. The minimum atomic E-state index is 0.303. The maximum Gasteiger partial charge on any atom is 0.0809 e. The van der Waals surface area contributed by atoms with Gasteiger partial charge in [-0.25, -0.2) is 0 Å². The van der Waals surface area contributed by atoms with Crippen LogP contribution in [0.2, 0.25) is 0 Å². The van der Waals surface area contributed by atoms with Crippen LogP contribution in [0.15, 0.2) is 24.3 Å². The Morgan fingerprint density at radius 1 is 1.38 bits per heavy atom. The van der Waals surface area contributed by atoms with Gasteiger partial charge in [0.15, 0.2) is 0 Å². The zero-order valence-corrected chi connectivity index (χ0v) is 9.52. The van der Waals surface area contributed by atoms with Crippen LogP contribution in [-0.2, 0) is 22.6 Å². The maximum atomic E-state index is 5.64. The standard InChI is InChI=1S/C13H19NO2/c14-8-11-3-1-4-12(7-11)9-15-10-13-5-2-6-16-13/h1,3-4,7,13H,2,5-6,8-10,14H2. The van der Waals surface area contributed by atoms with Crippen LogP contribution >= 0.6 is 0 Å². The van der Waals surface area contributed by atoms with Crippen molar-refractivity contribution in [3.05, 3.63) is 35.4 Å². The molecule has 2 N–H and O–H groups in total. The first-order chi connectivity index (χ1) is 7.88. The Labute approximate surface area is 96.5 Å². The molecule has 0 spiro atoms. The van der Waals surface area contributed by atoms with E-state index in [1.54, 1.807) is 0 Å². The number of hydrogen-bond donors (Lipinski definition) is 1. The van der Waals surface area contributed by atoms with Crippen molar-refractivity contribution < 1.29 is 9.47 Å². The first kappa shape index (κ1) is 11.6. The fourth-order valence-electron chi connectivity index (χ4n) is 1.93. The summed E-state index contributed by atoms with van der Waals surface area (Å²) < 4.78 is 11.1. The van der Waals surface area contributed by atoms with Gasteiger partial charge in [-0.2, -0.15) is 0 Å². The van der Waals surface area contributed by atoms with Crippen molar-refractivity contribution in [2.24, 2.45) is 5.73 Å². The van der Waals surface area contributed by atoms with Gasteiger partial charge in [-0.05, 0) is 24.0 Å². The van der Waals surface area contributed by atoms with Crippen LogP contribution in [0, 0.1) is 0 Å². The second kappa shape index (κ2) is 5.99. The zero-order valence-electron chi connectivity index (χ0n) is 9.52. The first-order valence-electron chi connectivity index (χ1n) is 5.85. The average molecular weight is 221 g/mol. The van der Waals surface area contributed by atoms with E-state index >= 15 is 0 Å². The minimum absolute atomic E-state index is 0.303. The highest BCUT2D eigenvalue weighted by atomic mass is 16.5. The van der Waals surface area contributed by atoms with Crippen molar-refractivity contribution in [3.63, 3.8) is 0 Å². The molecule has 88 valence electrons. The highest BCUT2D eigenvalue weighted by molar-refractivity contribution is 5.22. The summed E-state index contributed by atoms with van der Waals surface area (Å²) in [6.45, 7) is 2.82. The molecule has 3 nitrogen and oxygen atoms in total. The zero-order chi connectivity index (χ0) is 11.2. The minimum Gasteiger partial charge on any atom is -0.376 e. The van der Waals surface area contributed by atoms with Crippen molar-refractivity contribution in [2.45, 2.75) is 32.1 Å². The number of benzene rings is 1. The largest absolute Gasteiger partial charge is 0.376 e. The van der Waals surface area contributed by atoms with Gasteiger partial charge in [0, 0.05) is 13.2 Å². The molecule has 0 amide bonds. The third kappa shape index (κ3) is 3.30. The van der Waals surface area contributed by atoms with E-state index in [2.05, 4.69) is 12.1 Å². The normalized spacial score (nSPS) is 20.2. The average Bonchev–Trinajstić information content (AvgIpc) is 2.82.